The van der Waals surface area contributed by atoms with Crippen molar-refractivity contribution in [1.82, 2.24) is 4.90 Å². The van der Waals surface area contributed by atoms with Crippen molar-refractivity contribution in [3.63, 3.8) is 0 Å². The van der Waals surface area contributed by atoms with Gasteiger partial charge >= 0.3 is 0 Å². The van der Waals surface area contributed by atoms with E-state index in [2.05, 4.69) is 34.1 Å². The van der Waals surface area contributed by atoms with Crippen LogP contribution in [0.2, 0.25) is 0 Å². The fourth-order valence-corrected chi connectivity index (χ4v) is 3.94. The van der Waals surface area contributed by atoms with E-state index in [1.54, 1.807) is 12.1 Å². The van der Waals surface area contributed by atoms with E-state index in [-0.39, 0.29) is 36.7 Å². The normalized spacial score (nSPS) is 19.6. The van der Waals surface area contributed by atoms with Gasteiger partial charge in [-0.1, -0.05) is 36.4 Å². The van der Waals surface area contributed by atoms with E-state index < -0.39 is 0 Å². The molecule has 27 heavy (non-hydrogen) atoms. The molecule has 0 aliphatic carbocycles. The average molecular weight is 413 g/mol. The number of nitrogens with zero attached hydrogens (tertiary/aromatic N) is 2. The molecule has 1 unspecified atom stereocenters. The van der Waals surface area contributed by atoms with Crippen LogP contribution in [0, 0.1) is 5.82 Å². The number of halogens is 3. The third kappa shape index (κ3) is 5.14. The summed E-state index contributed by atoms with van der Waals surface area (Å²) in [5.74, 6) is -0.122. The highest BCUT2D eigenvalue weighted by atomic mass is 35.5. The first-order valence-electron chi connectivity index (χ1n) is 9.22. The van der Waals surface area contributed by atoms with E-state index in [1.807, 2.05) is 12.1 Å². The first-order chi connectivity index (χ1) is 12.3. The van der Waals surface area contributed by atoms with Gasteiger partial charge in [0.25, 0.3) is 0 Å². The Morgan fingerprint density at radius 1 is 0.926 bits per heavy atom. The molecule has 0 radical (unpaired) electrons. The highest BCUT2D eigenvalue weighted by molar-refractivity contribution is 5.85. The summed E-state index contributed by atoms with van der Waals surface area (Å²) in [6.45, 7) is 5.56. The fraction of sp³-hybridized carbons (Fsp3) is 0.429. The van der Waals surface area contributed by atoms with Gasteiger partial charge in [0.05, 0.1) is 18.4 Å². The molecular formula is C21H27Cl2FN2O. The van der Waals surface area contributed by atoms with Crippen LogP contribution in [0.1, 0.15) is 23.7 Å². The topological polar surface area (TPSA) is 15.7 Å². The lowest BCUT2D eigenvalue weighted by atomic mass is 9.95. The monoisotopic (exact) mass is 412 g/mol. The Morgan fingerprint density at radius 3 is 2.41 bits per heavy atom. The van der Waals surface area contributed by atoms with Crippen LogP contribution in [0.15, 0.2) is 48.5 Å². The quantitative estimate of drug-likeness (QED) is 0.735. The van der Waals surface area contributed by atoms with Crippen LogP contribution in [0.5, 0.6) is 0 Å². The Hall–Kier alpha value is -1.33. The summed E-state index contributed by atoms with van der Waals surface area (Å²) in [6, 6.07) is 15.7. The molecule has 4 rings (SSSR count). The Bertz CT molecular complexity index is 723. The number of fused-ring (bicyclic) bond motifs is 1. The summed E-state index contributed by atoms with van der Waals surface area (Å²) in [5.41, 5.74) is 3.52. The molecule has 2 aliphatic heterocycles. The number of hydrogen-bond acceptors (Lipinski definition) is 3. The molecule has 0 aromatic heterocycles. The molecule has 0 amide bonds. The number of ether oxygens (including phenoxy) is 1. The second kappa shape index (κ2) is 10.3. The van der Waals surface area contributed by atoms with Crippen LogP contribution in [-0.4, -0.2) is 44.2 Å². The lowest BCUT2D eigenvalue weighted by molar-refractivity contribution is 0.0289. The fourth-order valence-electron chi connectivity index (χ4n) is 3.94. The van der Waals surface area contributed by atoms with Gasteiger partial charge < -0.3 is 9.64 Å². The van der Waals surface area contributed by atoms with Gasteiger partial charge in [0.1, 0.15) is 5.82 Å². The minimum Gasteiger partial charge on any atom is -0.373 e. The third-order valence-corrected chi connectivity index (χ3v) is 5.37. The molecule has 2 heterocycles. The van der Waals surface area contributed by atoms with E-state index >= 15 is 0 Å². The summed E-state index contributed by atoms with van der Waals surface area (Å²) in [5, 5.41) is 0. The Morgan fingerprint density at radius 2 is 1.63 bits per heavy atom. The highest BCUT2D eigenvalue weighted by Crippen LogP contribution is 2.30. The van der Waals surface area contributed by atoms with Crippen molar-refractivity contribution in [2.75, 3.05) is 44.2 Å². The van der Waals surface area contributed by atoms with Crippen molar-refractivity contribution >= 4 is 30.5 Å². The first-order valence-corrected chi connectivity index (χ1v) is 9.22. The Balaban J connectivity index is 0.00000131. The van der Waals surface area contributed by atoms with Crippen LogP contribution in [0.25, 0.3) is 0 Å². The van der Waals surface area contributed by atoms with Gasteiger partial charge in [-0.25, -0.2) is 4.39 Å². The molecule has 2 aliphatic rings. The Labute approximate surface area is 173 Å². The predicted octanol–water partition coefficient (Wildman–Crippen LogP) is 4.50. The molecule has 0 saturated carbocycles. The molecule has 0 bridgehead atoms. The van der Waals surface area contributed by atoms with Gasteiger partial charge in [-0.3, -0.25) is 4.90 Å². The predicted molar refractivity (Wildman–Crippen MR) is 113 cm³/mol. The van der Waals surface area contributed by atoms with Crippen molar-refractivity contribution in [3.8, 4) is 0 Å². The minimum absolute atomic E-state index is 0. The lowest BCUT2D eigenvalue weighted by Crippen LogP contribution is -2.47. The molecule has 2 aromatic rings. The Kier molecular flexibility index (Phi) is 8.36. The SMILES string of the molecule is Cl.Cl.Fc1ccccc1N1CCN(CCC2OCCc3ccccc32)CC1. The minimum atomic E-state index is -0.122. The van der Waals surface area contributed by atoms with E-state index in [0.717, 1.165) is 57.9 Å². The van der Waals surface area contributed by atoms with E-state index in [9.17, 15) is 4.39 Å². The van der Waals surface area contributed by atoms with Gasteiger partial charge in [-0.15, -0.1) is 24.8 Å². The van der Waals surface area contributed by atoms with Crippen LogP contribution < -0.4 is 4.90 Å². The lowest BCUT2D eigenvalue weighted by Gasteiger charge is -2.37. The van der Waals surface area contributed by atoms with Crippen molar-refractivity contribution < 1.29 is 9.13 Å². The zero-order valence-corrected chi connectivity index (χ0v) is 17.0. The van der Waals surface area contributed by atoms with E-state index in [1.165, 1.54) is 11.1 Å². The summed E-state index contributed by atoms with van der Waals surface area (Å²) in [7, 11) is 0. The maximum atomic E-state index is 13.9. The molecule has 148 valence electrons. The molecule has 0 spiro atoms. The van der Waals surface area contributed by atoms with Gasteiger partial charge in [-0.05, 0) is 36.1 Å². The van der Waals surface area contributed by atoms with Crippen molar-refractivity contribution in [1.29, 1.82) is 0 Å². The largest absolute Gasteiger partial charge is 0.373 e. The average Bonchev–Trinajstić information content (AvgIpc) is 2.67. The zero-order valence-electron chi connectivity index (χ0n) is 15.4. The summed E-state index contributed by atoms with van der Waals surface area (Å²) >= 11 is 0. The van der Waals surface area contributed by atoms with Gasteiger partial charge in [0.2, 0.25) is 0 Å². The summed E-state index contributed by atoms with van der Waals surface area (Å²) in [4.78, 5) is 4.62. The maximum Gasteiger partial charge on any atom is 0.146 e. The third-order valence-electron chi connectivity index (χ3n) is 5.37. The zero-order chi connectivity index (χ0) is 17.1. The molecule has 2 aromatic carbocycles. The van der Waals surface area contributed by atoms with Crippen molar-refractivity contribution in [2.45, 2.75) is 18.9 Å². The number of benzene rings is 2. The number of rotatable bonds is 4. The maximum absolute atomic E-state index is 13.9. The van der Waals surface area contributed by atoms with Gasteiger partial charge in [0, 0.05) is 32.7 Å². The van der Waals surface area contributed by atoms with Gasteiger partial charge in [-0.2, -0.15) is 0 Å². The number of para-hydroxylation sites is 1. The molecule has 3 nitrogen and oxygen atoms in total. The highest BCUT2D eigenvalue weighted by Gasteiger charge is 2.23. The summed E-state index contributed by atoms with van der Waals surface area (Å²) < 4.78 is 19.9. The molecule has 6 heteroatoms. The van der Waals surface area contributed by atoms with Crippen LogP contribution in [0.4, 0.5) is 10.1 Å². The van der Waals surface area contributed by atoms with Crippen LogP contribution in [-0.2, 0) is 11.2 Å². The molecule has 1 atom stereocenters. The van der Waals surface area contributed by atoms with Gasteiger partial charge in [0.15, 0.2) is 0 Å². The second-order valence-electron chi connectivity index (χ2n) is 6.88. The molecule has 1 fully saturated rings. The smallest absolute Gasteiger partial charge is 0.146 e. The second-order valence-corrected chi connectivity index (χ2v) is 6.88. The van der Waals surface area contributed by atoms with E-state index in [4.69, 9.17) is 4.74 Å². The van der Waals surface area contributed by atoms with Crippen LogP contribution in [0.3, 0.4) is 0 Å². The first kappa shape index (κ1) is 22.0. The molecule has 1 saturated heterocycles. The van der Waals surface area contributed by atoms with Crippen LogP contribution >= 0.6 is 24.8 Å². The van der Waals surface area contributed by atoms with Crippen molar-refractivity contribution in [2.24, 2.45) is 0 Å². The van der Waals surface area contributed by atoms with E-state index in [0.29, 0.717) is 0 Å². The molecule has 0 N–H and O–H groups in total. The molecular weight excluding hydrogens is 386 g/mol. The number of hydrogen-bond donors (Lipinski definition) is 0. The number of anilines is 1. The summed E-state index contributed by atoms with van der Waals surface area (Å²) in [6.07, 6.45) is 2.26. The van der Waals surface area contributed by atoms with Crippen molar-refractivity contribution in [3.05, 3.63) is 65.5 Å². The standard InChI is InChI=1S/C21H25FN2O.2ClH/c22-19-7-3-4-8-20(19)24-14-12-23(13-15-24)11-9-21-18-6-2-1-5-17(18)10-16-25-21;;/h1-8,21H,9-16H2;2*1H. The number of piperazine rings is 1.